The monoisotopic (exact) mass is 761 g/mol. The summed E-state index contributed by atoms with van der Waals surface area (Å²) in [5.41, 5.74) is 0.236. The van der Waals surface area contributed by atoms with E-state index in [0.717, 1.165) is 0 Å². The van der Waals surface area contributed by atoms with E-state index in [2.05, 4.69) is 41.5 Å². The Morgan fingerprint density at radius 3 is 0.558 bits per heavy atom. The summed E-state index contributed by atoms with van der Waals surface area (Å²) in [4.78, 5) is 0. The molecule has 14 nitrogen and oxygen atoms in total. The van der Waals surface area contributed by atoms with Crippen molar-refractivity contribution in [3.63, 3.8) is 0 Å². The van der Waals surface area contributed by atoms with Crippen LogP contribution in [0.15, 0.2) is 0 Å². The second-order valence-electron chi connectivity index (χ2n) is 14.1. The average molecular weight is 761 g/mol. The summed E-state index contributed by atoms with van der Waals surface area (Å²) in [5.74, 6) is 0.637. The lowest BCUT2D eigenvalue weighted by atomic mass is 9.82. The van der Waals surface area contributed by atoms with Crippen LogP contribution in [-0.2, 0) is 66.3 Å². The first-order valence-electron chi connectivity index (χ1n) is 18.8. The van der Waals surface area contributed by atoms with Crippen LogP contribution in [0.5, 0.6) is 0 Å². The first kappa shape index (κ1) is 53.5. The van der Waals surface area contributed by atoms with Gasteiger partial charge in [0.15, 0.2) is 0 Å². The predicted molar refractivity (Wildman–Crippen MR) is 202 cm³/mol. The number of rotatable bonds is 38. The highest BCUT2D eigenvalue weighted by Gasteiger charge is 2.26. The van der Waals surface area contributed by atoms with Crippen LogP contribution in [0.1, 0.15) is 41.5 Å². The van der Waals surface area contributed by atoms with Gasteiger partial charge in [0.25, 0.3) is 0 Å². The molecule has 0 N–H and O–H groups in total. The van der Waals surface area contributed by atoms with Crippen molar-refractivity contribution in [3.8, 4) is 0 Å². The molecule has 0 aromatic rings. The van der Waals surface area contributed by atoms with Gasteiger partial charge < -0.3 is 66.3 Å². The summed E-state index contributed by atoms with van der Waals surface area (Å²) >= 11 is 0. The lowest BCUT2D eigenvalue weighted by Gasteiger charge is -2.30. The van der Waals surface area contributed by atoms with Gasteiger partial charge in [-0.15, -0.1) is 0 Å². The molecule has 316 valence electrons. The topological polar surface area (TPSA) is 129 Å². The Morgan fingerprint density at radius 1 is 0.250 bits per heavy atom. The first-order chi connectivity index (χ1) is 25.0. The molecule has 0 aromatic carbocycles. The Bertz CT molecular complexity index is 633. The maximum absolute atomic E-state index is 5.79. The van der Waals surface area contributed by atoms with Gasteiger partial charge in [-0.05, 0) is 10.8 Å². The number of hydrogen-bond donors (Lipinski definition) is 0. The number of hydrogen-bond acceptors (Lipinski definition) is 14. The second kappa shape index (κ2) is 40.1. The number of methoxy groups -OCH3 is 4. The molecular weight excluding hydrogens is 680 g/mol. The molecule has 14 heteroatoms. The maximum Gasteiger partial charge on any atom is 0.0701 e. The number of ether oxygens (including phenoxy) is 14. The lowest BCUT2D eigenvalue weighted by molar-refractivity contribution is -0.0406. The molecule has 0 saturated heterocycles. The highest BCUT2D eigenvalue weighted by Crippen LogP contribution is 2.27. The van der Waals surface area contributed by atoms with Crippen molar-refractivity contribution in [1.82, 2.24) is 0 Å². The van der Waals surface area contributed by atoms with Gasteiger partial charge in [0.2, 0.25) is 0 Å². The molecule has 0 aliphatic carbocycles. The fourth-order valence-electron chi connectivity index (χ4n) is 3.89. The molecule has 0 aliphatic rings. The quantitative estimate of drug-likeness (QED) is 0.0840. The van der Waals surface area contributed by atoms with Crippen LogP contribution in [0.2, 0.25) is 0 Å². The minimum absolute atomic E-state index is 0.103. The van der Waals surface area contributed by atoms with E-state index in [1.807, 2.05) is 0 Å². The summed E-state index contributed by atoms with van der Waals surface area (Å²) in [6.07, 6.45) is 0. The van der Waals surface area contributed by atoms with Gasteiger partial charge in [-0.1, -0.05) is 41.5 Å². The van der Waals surface area contributed by atoms with Crippen LogP contribution < -0.4 is 0 Å². The molecule has 0 saturated carbocycles. The summed E-state index contributed by atoms with van der Waals surface area (Å²) in [5, 5.41) is 0. The SMILES string of the molecule is COCCOCCOCC(COCCOCCOC)C(C)(C)C.COCCOCCOCCOCC(COCCOCCOCCOC)C(C)(C)C. The molecule has 0 bridgehead atoms. The molecule has 0 unspecified atom stereocenters. The van der Waals surface area contributed by atoms with Crippen molar-refractivity contribution in [2.24, 2.45) is 22.7 Å². The fourth-order valence-corrected chi connectivity index (χ4v) is 3.89. The van der Waals surface area contributed by atoms with E-state index in [1.165, 1.54) is 0 Å². The molecule has 0 rings (SSSR count). The highest BCUT2D eigenvalue weighted by atomic mass is 16.6. The van der Waals surface area contributed by atoms with Crippen molar-refractivity contribution < 1.29 is 66.3 Å². The van der Waals surface area contributed by atoms with E-state index < -0.39 is 0 Å². The van der Waals surface area contributed by atoms with E-state index >= 15 is 0 Å². The molecule has 0 amide bonds. The zero-order chi connectivity index (χ0) is 39.0. The first-order valence-corrected chi connectivity index (χ1v) is 18.8. The Balaban J connectivity index is 0. The third-order valence-electron chi connectivity index (χ3n) is 7.68. The standard InChI is InChI=1S/C21H44O8.C17H36O6/c1-21(2,3)20(18-28-16-14-26-12-10-24-8-6-22-4)19-29-17-15-27-13-11-25-9-7-23-5;1-17(2,3)16(14-22-12-10-20-8-6-18-4)15-23-13-11-21-9-7-19-5/h20H,6-19H2,1-5H3;16H,6-15H2,1-5H3. The normalized spacial score (nSPS) is 12.2. The molecule has 0 fully saturated rings. The molecule has 0 atom stereocenters. The average Bonchev–Trinajstić information content (AvgIpc) is 3.09. The molecule has 0 aromatic heterocycles. The minimum Gasteiger partial charge on any atom is -0.382 e. The zero-order valence-electron chi connectivity index (χ0n) is 34.8. The van der Waals surface area contributed by atoms with Gasteiger partial charge in [-0.25, -0.2) is 0 Å². The summed E-state index contributed by atoms with van der Waals surface area (Å²) in [6.45, 7) is 27.6. The molecule has 0 spiro atoms. The molecule has 52 heavy (non-hydrogen) atoms. The summed E-state index contributed by atoms with van der Waals surface area (Å²) < 4.78 is 75.1. The Kier molecular flexibility index (Phi) is 41.3. The van der Waals surface area contributed by atoms with Gasteiger partial charge in [-0.2, -0.15) is 0 Å². The molecule has 0 aliphatic heterocycles. The van der Waals surface area contributed by atoms with Gasteiger partial charge in [0.05, 0.1) is 159 Å². The Hall–Kier alpha value is -0.560. The van der Waals surface area contributed by atoms with Crippen molar-refractivity contribution in [2.75, 3.05) is 187 Å². The van der Waals surface area contributed by atoms with E-state index in [0.29, 0.717) is 170 Å². The van der Waals surface area contributed by atoms with Crippen LogP contribution in [-0.4, -0.2) is 187 Å². The molecule has 0 heterocycles. The predicted octanol–water partition coefficient (Wildman–Crippen LogP) is 4.05. The van der Waals surface area contributed by atoms with Gasteiger partial charge in [0.1, 0.15) is 0 Å². The van der Waals surface area contributed by atoms with Crippen LogP contribution in [0.25, 0.3) is 0 Å². The largest absolute Gasteiger partial charge is 0.382 e. The zero-order valence-corrected chi connectivity index (χ0v) is 34.8. The van der Waals surface area contributed by atoms with Crippen molar-refractivity contribution in [2.45, 2.75) is 41.5 Å². The van der Waals surface area contributed by atoms with Crippen LogP contribution in [0.4, 0.5) is 0 Å². The summed E-state index contributed by atoms with van der Waals surface area (Å²) in [6, 6.07) is 0. The van der Waals surface area contributed by atoms with Crippen LogP contribution >= 0.6 is 0 Å². The third-order valence-corrected chi connectivity index (χ3v) is 7.68. The Morgan fingerprint density at radius 2 is 0.404 bits per heavy atom. The van der Waals surface area contributed by atoms with Gasteiger partial charge in [0, 0.05) is 40.3 Å². The van der Waals surface area contributed by atoms with Crippen LogP contribution in [0, 0.1) is 22.7 Å². The smallest absolute Gasteiger partial charge is 0.0701 e. The lowest BCUT2D eigenvalue weighted by Crippen LogP contribution is -2.30. The summed E-state index contributed by atoms with van der Waals surface area (Å²) in [7, 11) is 6.64. The van der Waals surface area contributed by atoms with Gasteiger partial charge >= 0.3 is 0 Å². The van der Waals surface area contributed by atoms with E-state index in [4.69, 9.17) is 66.3 Å². The van der Waals surface area contributed by atoms with E-state index in [-0.39, 0.29) is 10.8 Å². The van der Waals surface area contributed by atoms with Crippen molar-refractivity contribution in [3.05, 3.63) is 0 Å². The van der Waals surface area contributed by atoms with E-state index in [9.17, 15) is 0 Å². The van der Waals surface area contributed by atoms with Crippen molar-refractivity contribution >= 4 is 0 Å². The third kappa shape index (κ3) is 40.6. The minimum atomic E-state index is 0.103. The second-order valence-corrected chi connectivity index (χ2v) is 14.1. The van der Waals surface area contributed by atoms with Crippen molar-refractivity contribution in [1.29, 1.82) is 0 Å². The fraction of sp³-hybridized carbons (Fsp3) is 1.00. The molecule has 0 radical (unpaired) electrons. The maximum atomic E-state index is 5.79. The van der Waals surface area contributed by atoms with E-state index in [1.54, 1.807) is 28.4 Å². The van der Waals surface area contributed by atoms with Gasteiger partial charge in [-0.3, -0.25) is 0 Å². The molecular formula is C38H80O14. The van der Waals surface area contributed by atoms with Crippen LogP contribution in [0.3, 0.4) is 0 Å². The highest BCUT2D eigenvalue weighted by molar-refractivity contribution is 4.74. The Labute approximate surface area is 317 Å².